The van der Waals surface area contributed by atoms with E-state index in [2.05, 4.69) is 83.8 Å². The molecule has 1 fully saturated rings. The highest BCUT2D eigenvalue weighted by molar-refractivity contribution is 5.32. The van der Waals surface area contributed by atoms with E-state index in [0.717, 1.165) is 38.4 Å². The summed E-state index contributed by atoms with van der Waals surface area (Å²) >= 11 is 0. The molecule has 3 heteroatoms. The van der Waals surface area contributed by atoms with Crippen LogP contribution >= 0.6 is 0 Å². The van der Waals surface area contributed by atoms with Gasteiger partial charge in [-0.25, -0.2) is 0 Å². The zero-order chi connectivity index (χ0) is 20.6. The van der Waals surface area contributed by atoms with E-state index in [9.17, 15) is 0 Å². The molecule has 4 rings (SSSR count). The molecule has 0 spiro atoms. The Morgan fingerprint density at radius 3 is 2.27 bits per heavy atom. The Bertz CT molecular complexity index is 858. The van der Waals surface area contributed by atoms with Gasteiger partial charge < -0.3 is 14.4 Å². The summed E-state index contributed by atoms with van der Waals surface area (Å²) in [4.78, 5) is 2.56. The molecular weight excluding hydrogens is 370 g/mol. The van der Waals surface area contributed by atoms with Crippen molar-refractivity contribution in [1.82, 2.24) is 4.90 Å². The molecule has 3 aromatic rings. The number of benzene rings is 3. The van der Waals surface area contributed by atoms with Gasteiger partial charge in [-0.2, -0.15) is 0 Å². The smallest absolute Gasteiger partial charge is 0.119 e. The molecule has 1 atom stereocenters. The molecule has 0 aromatic heterocycles. The first-order valence-electron chi connectivity index (χ1n) is 10.9. The Labute approximate surface area is 180 Å². The predicted octanol–water partition coefficient (Wildman–Crippen LogP) is 5.68. The van der Waals surface area contributed by atoms with E-state index >= 15 is 0 Å². The van der Waals surface area contributed by atoms with Crippen LogP contribution in [0.25, 0.3) is 0 Å². The Balaban J connectivity index is 1.28. The van der Waals surface area contributed by atoms with E-state index in [4.69, 9.17) is 9.47 Å². The van der Waals surface area contributed by atoms with Crippen LogP contribution in [-0.4, -0.2) is 38.3 Å². The molecule has 0 radical (unpaired) electrons. The average molecular weight is 402 g/mol. The fourth-order valence-corrected chi connectivity index (χ4v) is 4.33. The quantitative estimate of drug-likeness (QED) is 0.431. The van der Waals surface area contributed by atoms with Crippen LogP contribution < -0.4 is 4.74 Å². The van der Waals surface area contributed by atoms with Gasteiger partial charge in [-0.15, -0.1) is 0 Å². The monoisotopic (exact) mass is 401 g/mol. The molecule has 0 saturated carbocycles. The molecule has 156 valence electrons. The van der Waals surface area contributed by atoms with Gasteiger partial charge in [-0.3, -0.25) is 0 Å². The van der Waals surface area contributed by atoms with Crippen molar-refractivity contribution in [2.45, 2.75) is 24.9 Å². The van der Waals surface area contributed by atoms with Crippen molar-refractivity contribution in [3.63, 3.8) is 0 Å². The SMILES string of the molecule is COc1cccc(C2CCN(CCCOC(c3ccccc3)c3ccccc3)C2)c1. The van der Waals surface area contributed by atoms with Crippen LogP contribution in [0.5, 0.6) is 5.75 Å². The molecule has 30 heavy (non-hydrogen) atoms. The molecular formula is C27H31NO2. The highest BCUT2D eigenvalue weighted by atomic mass is 16.5. The zero-order valence-electron chi connectivity index (χ0n) is 17.7. The predicted molar refractivity (Wildman–Crippen MR) is 122 cm³/mol. The van der Waals surface area contributed by atoms with Crippen molar-refractivity contribution in [3.05, 3.63) is 102 Å². The van der Waals surface area contributed by atoms with Crippen molar-refractivity contribution in [1.29, 1.82) is 0 Å². The van der Waals surface area contributed by atoms with Crippen LogP contribution in [0.4, 0.5) is 0 Å². The minimum absolute atomic E-state index is 0.00416. The molecule has 0 bridgehead atoms. The zero-order valence-corrected chi connectivity index (χ0v) is 17.7. The molecule has 1 saturated heterocycles. The van der Waals surface area contributed by atoms with E-state index in [1.807, 2.05) is 6.07 Å². The number of ether oxygens (including phenoxy) is 2. The summed E-state index contributed by atoms with van der Waals surface area (Å²) in [7, 11) is 1.73. The summed E-state index contributed by atoms with van der Waals surface area (Å²) in [5, 5.41) is 0. The standard InChI is InChI=1S/C27H31NO2/c1-29-26-15-8-14-24(20-26)25-16-18-28(21-25)17-9-19-30-27(22-10-4-2-5-11-22)23-12-6-3-7-13-23/h2-8,10-15,20,25,27H,9,16-19,21H2,1H3. The Kier molecular flexibility index (Phi) is 7.17. The maximum atomic E-state index is 6.37. The van der Waals surface area contributed by atoms with Crippen LogP contribution in [0.3, 0.4) is 0 Å². The van der Waals surface area contributed by atoms with Gasteiger partial charge >= 0.3 is 0 Å². The van der Waals surface area contributed by atoms with E-state index in [-0.39, 0.29) is 6.10 Å². The van der Waals surface area contributed by atoms with E-state index in [0.29, 0.717) is 5.92 Å². The first-order chi connectivity index (χ1) is 14.8. The largest absolute Gasteiger partial charge is 0.497 e. The number of methoxy groups -OCH3 is 1. The van der Waals surface area contributed by atoms with Crippen LogP contribution in [0.15, 0.2) is 84.9 Å². The fraction of sp³-hybridized carbons (Fsp3) is 0.333. The van der Waals surface area contributed by atoms with Crippen molar-refractivity contribution in [2.24, 2.45) is 0 Å². The van der Waals surface area contributed by atoms with Crippen LogP contribution in [0.2, 0.25) is 0 Å². The van der Waals surface area contributed by atoms with Crippen LogP contribution in [0.1, 0.15) is 41.6 Å². The molecule has 3 aromatic carbocycles. The van der Waals surface area contributed by atoms with Crippen molar-refractivity contribution in [3.8, 4) is 5.75 Å². The lowest BCUT2D eigenvalue weighted by atomic mass is 9.98. The molecule has 0 aliphatic carbocycles. The Hall–Kier alpha value is -2.62. The third-order valence-corrected chi connectivity index (χ3v) is 5.95. The lowest BCUT2D eigenvalue weighted by Crippen LogP contribution is -2.23. The van der Waals surface area contributed by atoms with Gasteiger partial charge in [0.05, 0.1) is 7.11 Å². The van der Waals surface area contributed by atoms with Crippen LogP contribution in [-0.2, 0) is 4.74 Å². The van der Waals surface area contributed by atoms with Crippen molar-refractivity contribution >= 4 is 0 Å². The third kappa shape index (κ3) is 5.29. The molecule has 1 aliphatic rings. The summed E-state index contributed by atoms with van der Waals surface area (Å²) in [6, 6.07) is 29.5. The maximum absolute atomic E-state index is 6.37. The highest BCUT2D eigenvalue weighted by Gasteiger charge is 2.24. The normalized spacial score (nSPS) is 16.8. The van der Waals surface area contributed by atoms with Gasteiger partial charge in [-0.05, 0) is 54.1 Å². The second kappa shape index (κ2) is 10.4. The second-order valence-electron chi connectivity index (χ2n) is 7.99. The Morgan fingerprint density at radius 1 is 0.900 bits per heavy atom. The molecule has 0 amide bonds. The van der Waals surface area contributed by atoms with Gasteiger partial charge in [0.2, 0.25) is 0 Å². The third-order valence-electron chi connectivity index (χ3n) is 5.95. The lowest BCUT2D eigenvalue weighted by Gasteiger charge is -2.21. The minimum Gasteiger partial charge on any atom is -0.497 e. The summed E-state index contributed by atoms with van der Waals surface area (Å²) in [5.41, 5.74) is 3.81. The van der Waals surface area contributed by atoms with E-state index in [1.165, 1.54) is 23.1 Å². The summed E-state index contributed by atoms with van der Waals surface area (Å²) in [6.07, 6.45) is 2.25. The Morgan fingerprint density at radius 2 is 1.60 bits per heavy atom. The van der Waals surface area contributed by atoms with Crippen molar-refractivity contribution < 1.29 is 9.47 Å². The van der Waals surface area contributed by atoms with Crippen molar-refractivity contribution in [2.75, 3.05) is 33.4 Å². The summed E-state index contributed by atoms with van der Waals surface area (Å²) < 4.78 is 11.8. The average Bonchev–Trinajstić information content (AvgIpc) is 3.29. The van der Waals surface area contributed by atoms with Gasteiger partial charge in [0.15, 0.2) is 0 Å². The van der Waals surface area contributed by atoms with E-state index in [1.54, 1.807) is 7.11 Å². The van der Waals surface area contributed by atoms with Gasteiger partial charge in [0.1, 0.15) is 11.9 Å². The minimum atomic E-state index is -0.00416. The van der Waals surface area contributed by atoms with Crippen LogP contribution in [0, 0.1) is 0 Å². The first-order valence-corrected chi connectivity index (χ1v) is 10.9. The van der Waals surface area contributed by atoms with E-state index < -0.39 is 0 Å². The second-order valence-corrected chi connectivity index (χ2v) is 7.99. The van der Waals surface area contributed by atoms with Gasteiger partial charge in [0.25, 0.3) is 0 Å². The number of hydrogen-bond acceptors (Lipinski definition) is 3. The highest BCUT2D eigenvalue weighted by Crippen LogP contribution is 2.30. The van der Waals surface area contributed by atoms with Gasteiger partial charge in [0, 0.05) is 19.7 Å². The molecule has 1 unspecified atom stereocenters. The molecule has 1 aliphatic heterocycles. The topological polar surface area (TPSA) is 21.7 Å². The first kappa shape index (κ1) is 20.6. The molecule has 3 nitrogen and oxygen atoms in total. The molecule has 1 heterocycles. The number of rotatable bonds is 9. The summed E-state index contributed by atoms with van der Waals surface area (Å²) in [6.45, 7) is 4.11. The number of hydrogen-bond donors (Lipinski definition) is 0. The van der Waals surface area contributed by atoms with Gasteiger partial charge in [-0.1, -0.05) is 72.8 Å². The molecule has 0 N–H and O–H groups in total. The maximum Gasteiger partial charge on any atom is 0.119 e. The summed E-state index contributed by atoms with van der Waals surface area (Å²) in [5.74, 6) is 1.55. The lowest BCUT2D eigenvalue weighted by molar-refractivity contribution is 0.0730. The fourth-order valence-electron chi connectivity index (χ4n) is 4.33. The number of nitrogens with zero attached hydrogens (tertiary/aromatic N) is 1. The number of likely N-dealkylation sites (tertiary alicyclic amines) is 1.